The molecule has 0 aliphatic carbocycles. The van der Waals surface area contributed by atoms with Crippen LogP contribution in [0.1, 0.15) is 53.8 Å². The molecule has 1 aromatic heterocycles. The van der Waals surface area contributed by atoms with Crippen molar-refractivity contribution in [2.24, 2.45) is 0 Å². The zero-order chi connectivity index (χ0) is 23.5. The summed E-state index contributed by atoms with van der Waals surface area (Å²) in [5.74, 6) is 1.96. The van der Waals surface area contributed by atoms with E-state index in [-0.39, 0.29) is 11.2 Å². The zero-order valence-electron chi connectivity index (χ0n) is 19.8. The third-order valence-electron chi connectivity index (χ3n) is 5.42. The van der Waals surface area contributed by atoms with Gasteiger partial charge in [-0.1, -0.05) is 39.0 Å². The Bertz CT molecular complexity index is 1080. The third kappa shape index (κ3) is 5.07. The number of carbonyl (C=O) groups excluding carboxylic acids is 1. The number of carbonyl (C=O) groups is 1. The predicted octanol–water partition coefficient (Wildman–Crippen LogP) is 5.75. The molecule has 0 saturated heterocycles. The number of furan rings is 1. The lowest BCUT2D eigenvalue weighted by Gasteiger charge is -2.20. The lowest BCUT2D eigenvalue weighted by Crippen LogP contribution is -2.13. The van der Waals surface area contributed by atoms with Gasteiger partial charge in [0, 0.05) is 18.6 Å². The molecule has 0 unspecified atom stereocenters. The van der Waals surface area contributed by atoms with Gasteiger partial charge in [-0.2, -0.15) is 0 Å². The van der Waals surface area contributed by atoms with Crippen molar-refractivity contribution in [3.8, 4) is 17.2 Å². The van der Waals surface area contributed by atoms with Crippen LogP contribution in [-0.2, 0) is 11.8 Å². The van der Waals surface area contributed by atoms with Crippen LogP contribution in [0.2, 0.25) is 0 Å². The van der Waals surface area contributed by atoms with E-state index in [2.05, 4.69) is 51.2 Å². The number of ether oxygens (including phenoxy) is 3. The molecule has 6 heteroatoms. The van der Waals surface area contributed by atoms with Crippen molar-refractivity contribution in [3.05, 3.63) is 70.7 Å². The Kier molecular flexibility index (Phi) is 6.82. The van der Waals surface area contributed by atoms with Gasteiger partial charge in [0.15, 0.2) is 5.76 Å². The maximum Gasteiger partial charge on any atom is 0.291 e. The molecule has 0 saturated carbocycles. The second-order valence-corrected chi connectivity index (χ2v) is 8.70. The van der Waals surface area contributed by atoms with Gasteiger partial charge in [0.25, 0.3) is 5.91 Å². The molecular weight excluding hydrogens is 406 g/mol. The molecular formula is C26H31NO5. The quantitative estimate of drug-likeness (QED) is 0.509. The Morgan fingerprint density at radius 2 is 1.59 bits per heavy atom. The monoisotopic (exact) mass is 437 g/mol. The van der Waals surface area contributed by atoms with Crippen molar-refractivity contribution in [1.82, 2.24) is 0 Å². The molecule has 170 valence electrons. The fourth-order valence-corrected chi connectivity index (χ4v) is 3.42. The fourth-order valence-electron chi connectivity index (χ4n) is 3.42. The molecule has 2 aromatic carbocycles. The van der Waals surface area contributed by atoms with E-state index in [1.54, 1.807) is 25.3 Å². The molecule has 1 heterocycles. The Morgan fingerprint density at radius 1 is 0.938 bits per heavy atom. The topological polar surface area (TPSA) is 69.9 Å². The molecule has 0 fully saturated rings. The van der Waals surface area contributed by atoms with E-state index in [1.165, 1.54) is 30.9 Å². The molecule has 1 N–H and O–H groups in total. The fraction of sp³-hybridized carbons (Fsp3) is 0.346. The van der Waals surface area contributed by atoms with Crippen LogP contribution in [-0.4, -0.2) is 27.2 Å². The minimum Gasteiger partial charge on any atom is -0.496 e. The Morgan fingerprint density at radius 3 is 2.16 bits per heavy atom. The lowest BCUT2D eigenvalue weighted by molar-refractivity contribution is 0.0994. The van der Waals surface area contributed by atoms with Gasteiger partial charge >= 0.3 is 0 Å². The number of benzene rings is 2. The van der Waals surface area contributed by atoms with Gasteiger partial charge in [-0.3, -0.25) is 4.79 Å². The van der Waals surface area contributed by atoms with Crippen LogP contribution in [0, 0.1) is 6.92 Å². The SMILES string of the molecule is COc1cc(OC)c(NC(=O)c2ccc(Cc3cc(C(C)(C)C)ccc3C)o2)c(OC)c1. The van der Waals surface area contributed by atoms with Gasteiger partial charge < -0.3 is 23.9 Å². The number of amides is 1. The van der Waals surface area contributed by atoms with E-state index in [9.17, 15) is 4.79 Å². The number of rotatable bonds is 7. The van der Waals surface area contributed by atoms with Gasteiger partial charge in [-0.25, -0.2) is 0 Å². The van der Waals surface area contributed by atoms with Gasteiger partial charge in [-0.05, 0) is 41.2 Å². The highest BCUT2D eigenvalue weighted by Crippen LogP contribution is 2.39. The number of anilines is 1. The standard InChI is InChI=1S/C26H31NO5/c1-16-8-9-18(26(2,3)4)12-17(16)13-19-10-11-21(32-19)25(28)27-24-22(30-6)14-20(29-5)15-23(24)31-7/h8-12,14-15H,13H2,1-7H3,(H,27,28). The summed E-state index contributed by atoms with van der Waals surface area (Å²) in [5, 5.41) is 2.83. The second-order valence-electron chi connectivity index (χ2n) is 8.70. The highest BCUT2D eigenvalue weighted by molar-refractivity contribution is 6.04. The normalized spacial score (nSPS) is 11.2. The zero-order valence-corrected chi connectivity index (χ0v) is 19.8. The molecule has 0 radical (unpaired) electrons. The van der Waals surface area contributed by atoms with Gasteiger partial charge in [0.1, 0.15) is 28.7 Å². The average molecular weight is 438 g/mol. The van der Waals surface area contributed by atoms with Crippen molar-refractivity contribution in [3.63, 3.8) is 0 Å². The van der Waals surface area contributed by atoms with Crippen molar-refractivity contribution in [2.75, 3.05) is 26.6 Å². The first-order valence-corrected chi connectivity index (χ1v) is 10.5. The molecule has 1 amide bonds. The Balaban J connectivity index is 1.82. The van der Waals surface area contributed by atoms with Gasteiger partial charge in [0.05, 0.1) is 21.3 Å². The summed E-state index contributed by atoms with van der Waals surface area (Å²) in [6.45, 7) is 8.66. The van der Waals surface area contributed by atoms with Crippen molar-refractivity contribution < 1.29 is 23.4 Å². The first kappa shape index (κ1) is 23.3. The number of methoxy groups -OCH3 is 3. The minimum atomic E-state index is -0.391. The van der Waals surface area contributed by atoms with Crippen molar-refractivity contribution in [2.45, 2.75) is 39.5 Å². The Hall–Kier alpha value is -3.41. The molecule has 0 aliphatic heterocycles. The van der Waals surface area contributed by atoms with Crippen molar-refractivity contribution in [1.29, 1.82) is 0 Å². The van der Waals surface area contributed by atoms with E-state index in [1.807, 2.05) is 6.07 Å². The molecule has 32 heavy (non-hydrogen) atoms. The highest BCUT2D eigenvalue weighted by atomic mass is 16.5. The first-order valence-electron chi connectivity index (χ1n) is 10.5. The number of hydrogen-bond acceptors (Lipinski definition) is 5. The maximum atomic E-state index is 12.9. The van der Waals surface area contributed by atoms with Crippen LogP contribution in [0.15, 0.2) is 46.9 Å². The van der Waals surface area contributed by atoms with Gasteiger partial charge in [-0.15, -0.1) is 0 Å². The summed E-state index contributed by atoms with van der Waals surface area (Å²) >= 11 is 0. The molecule has 0 atom stereocenters. The van der Waals surface area contributed by atoms with Crippen LogP contribution >= 0.6 is 0 Å². The molecule has 3 aromatic rings. The Labute approximate surface area is 189 Å². The molecule has 6 nitrogen and oxygen atoms in total. The predicted molar refractivity (Wildman–Crippen MR) is 125 cm³/mol. The molecule has 3 rings (SSSR count). The molecule has 0 spiro atoms. The van der Waals surface area contributed by atoms with Crippen LogP contribution in [0.5, 0.6) is 17.2 Å². The van der Waals surface area contributed by atoms with Crippen molar-refractivity contribution >= 4 is 11.6 Å². The van der Waals surface area contributed by atoms with Crippen LogP contribution in [0.3, 0.4) is 0 Å². The van der Waals surface area contributed by atoms with E-state index in [0.717, 1.165) is 5.76 Å². The first-order chi connectivity index (χ1) is 15.2. The summed E-state index contributed by atoms with van der Waals surface area (Å²) < 4.78 is 21.9. The summed E-state index contributed by atoms with van der Waals surface area (Å²) in [4.78, 5) is 12.9. The second kappa shape index (κ2) is 9.39. The minimum absolute atomic E-state index is 0.0626. The summed E-state index contributed by atoms with van der Waals surface area (Å²) in [5.41, 5.74) is 4.10. The number of hydrogen-bond donors (Lipinski definition) is 1. The van der Waals surface area contributed by atoms with Crippen LogP contribution < -0.4 is 19.5 Å². The van der Waals surface area contributed by atoms with E-state index >= 15 is 0 Å². The van der Waals surface area contributed by atoms with Crippen LogP contribution in [0.4, 0.5) is 5.69 Å². The maximum absolute atomic E-state index is 12.9. The number of aryl methyl sites for hydroxylation is 1. The smallest absolute Gasteiger partial charge is 0.291 e. The van der Waals surface area contributed by atoms with E-state index in [0.29, 0.717) is 29.4 Å². The lowest BCUT2D eigenvalue weighted by atomic mass is 9.85. The van der Waals surface area contributed by atoms with Crippen LogP contribution in [0.25, 0.3) is 0 Å². The number of nitrogens with one attached hydrogen (secondary N) is 1. The summed E-state index contributed by atoms with van der Waals surface area (Å²) in [6.07, 6.45) is 0.609. The third-order valence-corrected chi connectivity index (χ3v) is 5.42. The summed E-state index contributed by atoms with van der Waals surface area (Å²) in [6, 6.07) is 13.4. The van der Waals surface area contributed by atoms with Gasteiger partial charge in [0.2, 0.25) is 0 Å². The van der Waals surface area contributed by atoms with E-state index in [4.69, 9.17) is 18.6 Å². The molecule has 0 bridgehead atoms. The molecule has 0 aliphatic rings. The summed E-state index contributed by atoms with van der Waals surface area (Å²) in [7, 11) is 4.58. The largest absolute Gasteiger partial charge is 0.496 e. The highest BCUT2D eigenvalue weighted by Gasteiger charge is 2.20. The average Bonchev–Trinajstić information content (AvgIpc) is 3.23. The van der Waals surface area contributed by atoms with E-state index < -0.39 is 5.91 Å².